The number of nitrogens with zero attached hydrogens (tertiary/aromatic N) is 6. The molecule has 0 radical (unpaired) electrons. The van der Waals surface area contributed by atoms with E-state index in [0.717, 1.165) is 27.9 Å². The molecule has 0 saturated carbocycles. The molecule has 0 atom stereocenters. The number of imidazole rings is 1. The van der Waals surface area contributed by atoms with Crippen molar-refractivity contribution in [3.05, 3.63) is 103 Å². The van der Waals surface area contributed by atoms with Crippen molar-refractivity contribution in [3.63, 3.8) is 0 Å². The summed E-state index contributed by atoms with van der Waals surface area (Å²) in [5.41, 5.74) is 4.50. The van der Waals surface area contributed by atoms with E-state index in [1.54, 1.807) is 12.5 Å². The van der Waals surface area contributed by atoms with Gasteiger partial charge in [0.2, 0.25) is 0 Å². The number of anilines is 1. The second kappa shape index (κ2) is 8.81. The highest BCUT2D eigenvalue weighted by atomic mass is 16.5. The van der Waals surface area contributed by atoms with Crippen LogP contribution in [0.5, 0.6) is 5.75 Å². The van der Waals surface area contributed by atoms with Crippen LogP contribution in [0.25, 0.3) is 22.3 Å². The molecule has 0 N–H and O–H groups in total. The van der Waals surface area contributed by atoms with Crippen molar-refractivity contribution in [3.8, 4) is 23.1 Å². The Morgan fingerprint density at radius 1 is 0.939 bits per heavy atom. The molecule has 160 valence electrons. The summed E-state index contributed by atoms with van der Waals surface area (Å²) in [5, 5.41) is 11.4. The first-order valence-electron chi connectivity index (χ1n) is 10.4. The van der Waals surface area contributed by atoms with Crippen LogP contribution >= 0.6 is 0 Å². The number of nitriles is 1. The average Bonchev–Trinajstić information content (AvgIpc) is 3.32. The number of hydrogen-bond donors (Lipinski definition) is 0. The molecule has 33 heavy (non-hydrogen) atoms. The van der Waals surface area contributed by atoms with E-state index >= 15 is 0 Å². The van der Waals surface area contributed by atoms with E-state index in [1.165, 1.54) is 0 Å². The second-order valence-electron chi connectivity index (χ2n) is 7.44. The normalized spacial score (nSPS) is 10.7. The Labute approximate surface area is 191 Å². The van der Waals surface area contributed by atoms with Gasteiger partial charge in [0.05, 0.1) is 17.2 Å². The molecule has 7 heteroatoms. The number of benzene rings is 3. The third-order valence-electron chi connectivity index (χ3n) is 5.33. The van der Waals surface area contributed by atoms with Crippen LogP contribution in [0.3, 0.4) is 0 Å². The molecule has 0 amide bonds. The molecule has 0 spiro atoms. The maximum Gasteiger partial charge on any atom is 0.166 e. The van der Waals surface area contributed by atoms with Crippen molar-refractivity contribution in [1.82, 2.24) is 19.6 Å². The van der Waals surface area contributed by atoms with Gasteiger partial charge in [-0.1, -0.05) is 42.5 Å². The summed E-state index contributed by atoms with van der Waals surface area (Å²) in [6.45, 7) is 0.489. The number of rotatable bonds is 6. The molecule has 0 bridgehead atoms. The first kappa shape index (κ1) is 20.2. The third kappa shape index (κ3) is 4.10. The number of fused-ring (bicyclic) bond motifs is 1. The van der Waals surface area contributed by atoms with Gasteiger partial charge in [-0.3, -0.25) is 5.01 Å². The summed E-state index contributed by atoms with van der Waals surface area (Å²) in [6.07, 6.45) is 3.33. The maximum atomic E-state index is 9.59. The number of para-hydroxylation sites is 2. The highest BCUT2D eigenvalue weighted by molar-refractivity contribution is 5.76. The van der Waals surface area contributed by atoms with E-state index in [0.29, 0.717) is 18.1 Å². The van der Waals surface area contributed by atoms with E-state index in [2.05, 4.69) is 16.0 Å². The zero-order chi connectivity index (χ0) is 22.6. The standard InChI is InChI=1S/C26H20N6O/c1-31(32-18-29-22-9-5-6-10-24(22)32)25-16-28-23(15-27)26(30-25)20-11-13-21(14-12-20)33-17-19-7-3-2-4-8-19/h2-14,16,18H,17H2,1H3. The molecular weight excluding hydrogens is 412 g/mol. The van der Waals surface area contributed by atoms with Crippen molar-refractivity contribution < 1.29 is 4.74 Å². The molecule has 2 aromatic heterocycles. The van der Waals surface area contributed by atoms with E-state index in [1.807, 2.05) is 95.6 Å². The van der Waals surface area contributed by atoms with Crippen LogP contribution in [0.2, 0.25) is 0 Å². The van der Waals surface area contributed by atoms with Crippen molar-refractivity contribution in [1.29, 1.82) is 5.26 Å². The predicted octanol–water partition coefficient (Wildman–Crippen LogP) is 4.84. The van der Waals surface area contributed by atoms with Gasteiger partial charge in [0.25, 0.3) is 0 Å². The molecule has 0 aliphatic rings. The molecular formula is C26H20N6O. The molecule has 5 aromatic rings. The lowest BCUT2D eigenvalue weighted by Gasteiger charge is -2.20. The quantitative estimate of drug-likeness (QED) is 0.382. The van der Waals surface area contributed by atoms with Crippen LogP contribution in [-0.2, 0) is 6.61 Å². The van der Waals surface area contributed by atoms with Crippen molar-refractivity contribution in [2.45, 2.75) is 6.61 Å². The van der Waals surface area contributed by atoms with Crippen LogP contribution in [0.1, 0.15) is 11.3 Å². The summed E-state index contributed by atoms with van der Waals surface area (Å²) in [6, 6.07) is 27.5. The Balaban J connectivity index is 1.42. The minimum absolute atomic E-state index is 0.264. The van der Waals surface area contributed by atoms with Crippen LogP contribution < -0.4 is 9.75 Å². The van der Waals surface area contributed by atoms with Gasteiger partial charge in [0.1, 0.15) is 30.4 Å². The van der Waals surface area contributed by atoms with Gasteiger partial charge in [-0.15, -0.1) is 0 Å². The lowest BCUT2D eigenvalue weighted by atomic mass is 10.1. The lowest BCUT2D eigenvalue weighted by Crippen LogP contribution is -2.25. The molecule has 7 nitrogen and oxygen atoms in total. The van der Waals surface area contributed by atoms with E-state index in [4.69, 9.17) is 9.72 Å². The Morgan fingerprint density at radius 3 is 2.48 bits per heavy atom. The zero-order valence-corrected chi connectivity index (χ0v) is 18.0. The van der Waals surface area contributed by atoms with Gasteiger partial charge in [0, 0.05) is 12.6 Å². The molecule has 2 heterocycles. The lowest BCUT2D eigenvalue weighted by molar-refractivity contribution is 0.306. The Hall–Kier alpha value is -4.70. The third-order valence-corrected chi connectivity index (χ3v) is 5.33. The van der Waals surface area contributed by atoms with Crippen LogP contribution in [0, 0.1) is 11.3 Å². The van der Waals surface area contributed by atoms with Gasteiger partial charge in [-0.05, 0) is 42.0 Å². The highest BCUT2D eigenvalue weighted by Crippen LogP contribution is 2.26. The average molecular weight is 432 g/mol. The number of ether oxygens (including phenoxy) is 1. The van der Waals surface area contributed by atoms with E-state index < -0.39 is 0 Å². The fourth-order valence-electron chi connectivity index (χ4n) is 3.56. The van der Waals surface area contributed by atoms with Gasteiger partial charge in [-0.25, -0.2) is 19.6 Å². The Morgan fingerprint density at radius 2 is 1.70 bits per heavy atom. The summed E-state index contributed by atoms with van der Waals surface area (Å²) in [5.74, 6) is 1.34. The molecule has 0 fully saturated rings. The molecule has 3 aromatic carbocycles. The molecule has 0 unspecified atom stereocenters. The summed E-state index contributed by atoms with van der Waals surface area (Å²) in [4.78, 5) is 13.5. The van der Waals surface area contributed by atoms with Crippen LogP contribution in [0.4, 0.5) is 5.82 Å². The molecule has 0 aliphatic carbocycles. The van der Waals surface area contributed by atoms with Gasteiger partial charge < -0.3 is 4.74 Å². The van der Waals surface area contributed by atoms with E-state index in [-0.39, 0.29) is 5.69 Å². The molecule has 0 aliphatic heterocycles. The van der Waals surface area contributed by atoms with Gasteiger partial charge in [-0.2, -0.15) is 5.26 Å². The number of hydrogen-bond acceptors (Lipinski definition) is 6. The summed E-state index contributed by atoms with van der Waals surface area (Å²) in [7, 11) is 1.88. The van der Waals surface area contributed by atoms with Crippen LogP contribution in [0.15, 0.2) is 91.4 Å². The fraction of sp³-hybridized carbons (Fsp3) is 0.0769. The minimum Gasteiger partial charge on any atom is -0.489 e. The number of aromatic nitrogens is 4. The zero-order valence-electron chi connectivity index (χ0n) is 18.0. The van der Waals surface area contributed by atoms with Gasteiger partial charge >= 0.3 is 0 Å². The Bertz CT molecular complexity index is 1440. The van der Waals surface area contributed by atoms with Crippen molar-refractivity contribution in [2.24, 2.45) is 0 Å². The molecule has 0 saturated heterocycles. The van der Waals surface area contributed by atoms with Crippen LogP contribution in [-0.4, -0.2) is 26.7 Å². The second-order valence-corrected chi connectivity index (χ2v) is 7.44. The first-order valence-corrected chi connectivity index (χ1v) is 10.4. The summed E-state index contributed by atoms with van der Waals surface area (Å²) >= 11 is 0. The minimum atomic E-state index is 0.264. The van der Waals surface area contributed by atoms with Crippen molar-refractivity contribution >= 4 is 16.9 Å². The predicted molar refractivity (Wildman–Crippen MR) is 126 cm³/mol. The van der Waals surface area contributed by atoms with Gasteiger partial charge in [0.15, 0.2) is 11.5 Å². The maximum absolute atomic E-state index is 9.59. The topological polar surface area (TPSA) is 79.9 Å². The van der Waals surface area contributed by atoms with Crippen molar-refractivity contribution in [2.75, 3.05) is 12.1 Å². The SMILES string of the molecule is CN(c1cnc(C#N)c(-c2ccc(OCc3ccccc3)cc2)n1)n1cnc2ccccc21. The molecule has 5 rings (SSSR count). The van der Waals surface area contributed by atoms with E-state index in [9.17, 15) is 5.26 Å². The fourth-order valence-corrected chi connectivity index (χ4v) is 3.56. The first-order chi connectivity index (χ1) is 16.2. The smallest absolute Gasteiger partial charge is 0.166 e. The summed E-state index contributed by atoms with van der Waals surface area (Å²) < 4.78 is 7.77. The highest BCUT2D eigenvalue weighted by Gasteiger charge is 2.15. The monoisotopic (exact) mass is 432 g/mol. The largest absolute Gasteiger partial charge is 0.489 e. The Kier molecular flexibility index (Phi) is 5.40.